The Balaban J connectivity index is 0.00000109. The van der Waals surface area contributed by atoms with Crippen LogP contribution >= 0.6 is 0 Å². The van der Waals surface area contributed by atoms with Crippen LogP contribution in [0.25, 0.3) is 11.0 Å². The van der Waals surface area contributed by atoms with Gasteiger partial charge in [0.15, 0.2) is 0 Å². The highest BCUT2D eigenvalue weighted by Gasteiger charge is 2.26. The van der Waals surface area contributed by atoms with Crippen LogP contribution in [-0.4, -0.2) is 38.9 Å². The summed E-state index contributed by atoms with van der Waals surface area (Å²) in [6.45, 7) is 10.6. The van der Waals surface area contributed by atoms with Gasteiger partial charge in [0.2, 0.25) is 0 Å². The molecule has 2 heterocycles. The molecule has 0 amide bonds. The minimum Gasteiger partial charge on any atom is -0.465 e. The van der Waals surface area contributed by atoms with E-state index in [-0.39, 0.29) is 5.97 Å². The van der Waals surface area contributed by atoms with Crippen molar-refractivity contribution in [1.82, 2.24) is 0 Å². The Kier molecular flexibility index (Phi) is 6.88. The SMILES string of the molecule is CC.CCN(c1cc2occc2c(C(=O)OC)c1C)C1CCOCC1. The highest BCUT2D eigenvalue weighted by atomic mass is 16.5. The van der Waals surface area contributed by atoms with Crippen LogP contribution in [0.15, 0.2) is 22.8 Å². The van der Waals surface area contributed by atoms with Crippen LogP contribution in [0.3, 0.4) is 0 Å². The van der Waals surface area contributed by atoms with E-state index in [1.54, 1.807) is 6.26 Å². The summed E-state index contributed by atoms with van der Waals surface area (Å²) >= 11 is 0. The Hall–Kier alpha value is -2.01. The molecule has 0 saturated carbocycles. The number of benzene rings is 1. The van der Waals surface area contributed by atoms with Gasteiger partial charge in [-0.15, -0.1) is 0 Å². The van der Waals surface area contributed by atoms with E-state index in [1.165, 1.54) is 7.11 Å². The van der Waals surface area contributed by atoms with Crippen LogP contribution in [0.1, 0.15) is 49.5 Å². The first-order valence-corrected chi connectivity index (χ1v) is 9.10. The number of furan rings is 1. The molecule has 5 nitrogen and oxygen atoms in total. The summed E-state index contributed by atoms with van der Waals surface area (Å²) in [5.41, 5.74) is 3.30. The average Bonchev–Trinajstić information content (AvgIpc) is 3.12. The number of methoxy groups -OCH3 is 1. The van der Waals surface area contributed by atoms with Gasteiger partial charge in [-0.2, -0.15) is 0 Å². The van der Waals surface area contributed by atoms with Gasteiger partial charge in [0.05, 0.1) is 18.9 Å². The summed E-state index contributed by atoms with van der Waals surface area (Å²) in [6, 6.07) is 4.28. The summed E-state index contributed by atoms with van der Waals surface area (Å²) in [5, 5.41) is 0.807. The van der Waals surface area contributed by atoms with Gasteiger partial charge in [0.25, 0.3) is 0 Å². The second kappa shape index (κ2) is 8.90. The number of carbonyl (C=O) groups excluding carboxylic acids is 1. The van der Waals surface area contributed by atoms with Crippen molar-refractivity contribution in [3.05, 3.63) is 29.5 Å². The summed E-state index contributed by atoms with van der Waals surface area (Å²) < 4.78 is 16.0. The van der Waals surface area contributed by atoms with Crippen molar-refractivity contribution < 1.29 is 18.7 Å². The van der Waals surface area contributed by atoms with E-state index in [0.717, 1.165) is 54.8 Å². The molecule has 0 N–H and O–H groups in total. The molecule has 0 radical (unpaired) electrons. The van der Waals surface area contributed by atoms with Crippen molar-refractivity contribution in [3.63, 3.8) is 0 Å². The monoisotopic (exact) mass is 347 g/mol. The molecule has 3 rings (SSSR count). The Labute approximate surface area is 149 Å². The molecular formula is C20H29NO4. The number of anilines is 1. The molecule has 0 aliphatic carbocycles. The van der Waals surface area contributed by atoms with Crippen molar-refractivity contribution in [2.24, 2.45) is 0 Å². The quantitative estimate of drug-likeness (QED) is 0.759. The van der Waals surface area contributed by atoms with E-state index < -0.39 is 0 Å². The predicted molar refractivity (Wildman–Crippen MR) is 100 cm³/mol. The van der Waals surface area contributed by atoms with E-state index in [0.29, 0.717) is 11.6 Å². The number of fused-ring (bicyclic) bond motifs is 1. The van der Waals surface area contributed by atoms with Crippen LogP contribution in [0.2, 0.25) is 0 Å². The lowest BCUT2D eigenvalue weighted by atomic mass is 9.99. The number of hydrogen-bond donors (Lipinski definition) is 0. The summed E-state index contributed by atoms with van der Waals surface area (Å²) in [5.74, 6) is -0.321. The maximum Gasteiger partial charge on any atom is 0.338 e. The van der Waals surface area contributed by atoms with E-state index in [4.69, 9.17) is 13.9 Å². The van der Waals surface area contributed by atoms with Crippen LogP contribution < -0.4 is 4.90 Å². The molecule has 5 heteroatoms. The molecular weight excluding hydrogens is 318 g/mol. The third-order valence-corrected chi connectivity index (χ3v) is 4.66. The normalized spacial score (nSPS) is 14.8. The summed E-state index contributed by atoms with van der Waals surface area (Å²) in [6.07, 6.45) is 3.61. The number of esters is 1. The molecule has 1 saturated heterocycles. The van der Waals surface area contributed by atoms with Gasteiger partial charge in [-0.05, 0) is 38.3 Å². The smallest absolute Gasteiger partial charge is 0.338 e. The maximum atomic E-state index is 12.3. The number of carbonyl (C=O) groups is 1. The zero-order chi connectivity index (χ0) is 18.4. The largest absolute Gasteiger partial charge is 0.465 e. The lowest BCUT2D eigenvalue weighted by Gasteiger charge is -2.36. The van der Waals surface area contributed by atoms with Crippen molar-refractivity contribution in [2.75, 3.05) is 31.8 Å². The number of hydrogen-bond acceptors (Lipinski definition) is 5. The van der Waals surface area contributed by atoms with Gasteiger partial charge >= 0.3 is 5.97 Å². The zero-order valence-electron chi connectivity index (χ0n) is 15.9. The third-order valence-electron chi connectivity index (χ3n) is 4.66. The zero-order valence-corrected chi connectivity index (χ0v) is 15.9. The van der Waals surface area contributed by atoms with Gasteiger partial charge in [-0.1, -0.05) is 13.8 Å². The van der Waals surface area contributed by atoms with Crippen molar-refractivity contribution >= 4 is 22.6 Å². The Morgan fingerprint density at radius 2 is 2.00 bits per heavy atom. The first-order chi connectivity index (χ1) is 12.2. The highest BCUT2D eigenvalue weighted by Crippen LogP contribution is 2.34. The molecule has 0 bridgehead atoms. The Morgan fingerprint density at radius 3 is 2.60 bits per heavy atom. The fraction of sp³-hybridized carbons (Fsp3) is 0.550. The molecule has 0 unspecified atom stereocenters. The minimum atomic E-state index is -0.321. The molecule has 0 spiro atoms. The minimum absolute atomic E-state index is 0.321. The third kappa shape index (κ3) is 3.82. The number of rotatable bonds is 4. The van der Waals surface area contributed by atoms with E-state index in [2.05, 4.69) is 11.8 Å². The number of nitrogens with zero attached hydrogens (tertiary/aromatic N) is 1. The molecule has 1 aliphatic rings. The summed E-state index contributed by atoms with van der Waals surface area (Å²) in [7, 11) is 1.41. The Bertz CT molecular complexity index is 701. The first kappa shape index (κ1) is 19.3. The molecule has 1 aliphatic heterocycles. The van der Waals surface area contributed by atoms with E-state index in [9.17, 15) is 4.79 Å². The lowest BCUT2D eigenvalue weighted by Crippen LogP contribution is -2.40. The summed E-state index contributed by atoms with van der Waals surface area (Å²) in [4.78, 5) is 14.6. The van der Waals surface area contributed by atoms with Gasteiger partial charge in [-0.3, -0.25) is 0 Å². The van der Waals surface area contributed by atoms with E-state index in [1.807, 2.05) is 32.9 Å². The van der Waals surface area contributed by atoms with E-state index >= 15 is 0 Å². The lowest BCUT2D eigenvalue weighted by molar-refractivity contribution is 0.0602. The van der Waals surface area contributed by atoms with Gasteiger partial charge in [-0.25, -0.2) is 4.79 Å². The molecule has 2 aromatic rings. The standard InChI is InChI=1S/C18H23NO4.C2H6/c1-4-19(13-5-8-22-9-6-13)15-11-16-14(7-10-23-16)17(12(15)2)18(20)21-3;1-2/h7,10-11,13H,4-6,8-9H2,1-3H3;1-2H3. The van der Waals surface area contributed by atoms with Gasteiger partial charge < -0.3 is 18.8 Å². The molecule has 0 atom stereocenters. The Morgan fingerprint density at radius 1 is 1.32 bits per heavy atom. The fourth-order valence-corrected chi connectivity index (χ4v) is 3.49. The second-order valence-electron chi connectivity index (χ2n) is 5.85. The number of ether oxygens (including phenoxy) is 2. The molecule has 1 fully saturated rings. The first-order valence-electron chi connectivity index (χ1n) is 9.10. The molecule has 138 valence electrons. The van der Waals surface area contributed by atoms with Crippen LogP contribution in [0.5, 0.6) is 0 Å². The highest BCUT2D eigenvalue weighted by molar-refractivity contribution is 6.06. The van der Waals surface area contributed by atoms with Gasteiger partial charge in [0.1, 0.15) is 5.58 Å². The fourth-order valence-electron chi connectivity index (χ4n) is 3.49. The molecule has 25 heavy (non-hydrogen) atoms. The van der Waals surface area contributed by atoms with Crippen molar-refractivity contribution in [3.8, 4) is 0 Å². The van der Waals surface area contributed by atoms with Crippen LogP contribution in [0.4, 0.5) is 5.69 Å². The van der Waals surface area contributed by atoms with Crippen molar-refractivity contribution in [1.29, 1.82) is 0 Å². The van der Waals surface area contributed by atoms with Crippen molar-refractivity contribution in [2.45, 2.75) is 46.6 Å². The average molecular weight is 347 g/mol. The van der Waals surface area contributed by atoms with Gasteiger partial charge in [0, 0.05) is 42.9 Å². The molecule has 1 aromatic carbocycles. The second-order valence-corrected chi connectivity index (χ2v) is 5.85. The van der Waals surface area contributed by atoms with Crippen LogP contribution in [0, 0.1) is 6.92 Å². The maximum absolute atomic E-state index is 12.3. The predicted octanol–water partition coefficient (Wildman–Crippen LogP) is 4.56. The van der Waals surface area contributed by atoms with Crippen LogP contribution in [-0.2, 0) is 9.47 Å². The topological polar surface area (TPSA) is 51.9 Å². The molecule has 1 aromatic heterocycles.